The maximum atomic E-state index is 10.8. The Bertz CT molecular complexity index is 194. The molecule has 0 aromatic rings. The van der Waals surface area contributed by atoms with Gasteiger partial charge in [0.15, 0.2) is 6.10 Å². The second-order valence-electron chi connectivity index (χ2n) is 2.28. The zero-order chi connectivity index (χ0) is 10.4. The Balaban J connectivity index is 4.09. The van der Waals surface area contributed by atoms with Crippen molar-refractivity contribution < 1.29 is 30.0 Å². The lowest BCUT2D eigenvalue weighted by Gasteiger charge is -2.13. The van der Waals surface area contributed by atoms with Crippen molar-refractivity contribution in [1.29, 1.82) is 0 Å². The Labute approximate surface area is 73.6 Å². The van der Waals surface area contributed by atoms with Crippen LogP contribution in [0, 0.1) is 0 Å². The summed E-state index contributed by atoms with van der Waals surface area (Å²) in [5, 5.41) is 35.7. The van der Waals surface area contributed by atoms with Gasteiger partial charge in [-0.25, -0.2) is 4.79 Å². The molecule has 0 aromatic carbocycles. The molecule has 0 saturated carbocycles. The summed E-state index contributed by atoms with van der Waals surface area (Å²) in [6.45, 7) is -1.58. The highest BCUT2D eigenvalue weighted by atomic mass is 16.4. The molecule has 2 atom stereocenters. The zero-order valence-corrected chi connectivity index (χ0v) is 6.67. The fraction of sp³-hybridized carbons (Fsp3) is 0.667. The molecular weight excluding hydrogens is 182 g/mol. The van der Waals surface area contributed by atoms with Crippen LogP contribution in [0.5, 0.6) is 0 Å². The maximum absolute atomic E-state index is 10.8. The molecule has 76 valence electrons. The van der Waals surface area contributed by atoms with Crippen molar-refractivity contribution in [3.8, 4) is 0 Å². The quantitative estimate of drug-likeness (QED) is 0.315. The predicted octanol–water partition coefficient (Wildman–Crippen LogP) is -3.10. The van der Waals surface area contributed by atoms with Crippen molar-refractivity contribution in [2.24, 2.45) is 0 Å². The van der Waals surface area contributed by atoms with E-state index in [-0.39, 0.29) is 0 Å². The lowest BCUT2D eigenvalue weighted by atomic mass is 10.3. The van der Waals surface area contributed by atoms with E-state index in [0.29, 0.717) is 0 Å². The molecule has 0 rings (SSSR count). The van der Waals surface area contributed by atoms with Gasteiger partial charge in [-0.2, -0.15) is 0 Å². The largest absolute Gasteiger partial charge is 0.480 e. The third-order valence-corrected chi connectivity index (χ3v) is 1.27. The molecule has 0 radical (unpaired) electrons. The van der Waals surface area contributed by atoms with E-state index in [0.717, 1.165) is 0 Å². The molecule has 0 bridgehead atoms. The SMILES string of the molecule is O=C(NC(CO)C(=O)O)C(O)CO. The summed E-state index contributed by atoms with van der Waals surface area (Å²) in [5.41, 5.74) is 0. The van der Waals surface area contributed by atoms with Crippen LogP contribution in [0.3, 0.4) is 0 Å². The number of carboxylic acid groups (broad SMARTS) is 1. The third kappa shape index (κ3) is 3.83. The number of aliphatic hydroxyl groups is 3. The van der Waals surface area contributed by atoms with E-state index in [1.807, 2.05) is 5.32 Å². The van der Waals surface area contributed by atoms with Crippen molar-refractivity contribution >= 4 is 11.9 Å². The number of amides is 1. The molecule has 0 aliphatic carbocycles. The van der Waals surface area contributed by atoms with Gasteiger partial charge in [0.25, 0.3) is 5.91 Å². The summed E-state index contributed by atoms with van der Waals surface area (Å²) in [7, 11) is 0. The zero-order valence-electron chi connectivity index (χ0n) is 6.67. The van der Waals surface area contributed by atoms with Crippen LogP contribution in [0.25, 0.3) is 0 Å². The summed E-state index contributed by atoms with van der Waals surface area (Å²) in [6, 6.07) is -1.46. The highest BCUT2D eigenvalue weighted by molar-refractivity contribution is 5.86. The molecular formula is C6H11NO6. The Morgan fingerprint density at radius 2 is 1.77 bits per heavy atom. The predicted molar refractivity (Wildman–Crippen MR) is 39.7 cm³/mol. The van der Waals surface area contributed by atoms with Gasteiger partial charge in [0.1, 0.15) is 6.04 Å². The average Bonchev–Trinajstić information content (AvgIpc) is 2.11. The smallest absolute Gasteiger partial charge is 0.328 e. The van der Waals surface area contributed by atoms with Crippen LogP contribution >= 0.6 is 0 Å². The average molecular weight is 193 g/mol. The Hall–Kier alpha value is -1.18. The Morgan fingerprint density at radius 1 is 1.23 bits per heavy atom. The van der Waals surface area contributed by atoms with E-state index in [1.54, 1.807) is 0 Å². The van der Waals surface area contributed by atoms with Gasteiger partial charge in [-0.15, -0.1) is 0 Å². The molecule has 0 aliphatic heterocycles. The van der Waals surface area contributed by atoms with Gasteiger partial charge < -0.3 is 25.7 Å². The van der Waals surface area contributed by atoms with Gasteiger partial charge >= 0.3 is 5.97 Å². The van der Waals surface area contributed by atoms with Crippen molar-refractivity contribution in [3.05, 3.63) is 0 Å². The number of carbonyl (C=O) groups excluding carboxylic acids is 1. The van der Waals surface area contributed by atoms with Gasteiger partial charge in [0, 0.05) is 0 Å². The molecule has 0 aromatic heterocycles. The van der Waals surface area contributed by atoms with Crippen LogP contribution < -0.4 is 5.32 Å². The van der Waals surface area contributed by atoms with Crippen LogP contribution in [0.15, 0.2) is 0 Å². The van der Waals surface area contributed by atoms with E-state index in [1.165, 1.54) is 0 Å². The van der Waals surface area contributed by atoms with E-state index in [2.05, 4.69) is 0 Å². The summed E-state index contributed by atoms with van der Waals surface area (Å²) < 4.78 is 0. The number of nitrogens with one attached hydrogen (secondary N) is 1. The number of carboxylic acids is 1. The summed E-state index contributed by atoms with van der Waals surface area (Å²) in [4.78, 5) is 21.0. The first-order chi connectivity index (χ1) is 6.02. The number of rotatable bonds is 5. The second-order valence-corrected chi connectivity index (χ2v) is 2.28. The van der Waals surface area contributed by atoms with Gasteiger partial charge in [-0.1, -0.05) is 0 Å². The minimum atomic E-state index is -1.67. The molecule has 1 amide bonds. The van der Waals surface area contributed by atoms with E-state index >= 15 is 0 Å². The summed E-state index contributed by atoms with van der Waals surface area (Å²) in [6.07, 6.45) is -1.67. The van der Waals surface area contributed by atoms with Crippen LogP contribution in [-0.4, -0.2) is 57.7 Å². The van der Waals surface area contributed by atoms with Gasteiger partial charge in [0.05, 0.1) is 13.2 Å². The Kier molecular flexibility index (Phi) is 4.97. The molecule has 0 spiro atoms. The Morgan fingerprint density at radius 3 is 2.08 bits per heavy atom. The van der Waals surface area contributed by atoms with E-state index in [4.69, 9.17) is 20.4 Å². The van der Waals surface area contributed by atoms with Gasteiger partial charge in [0.2, 0.25) is 0 Å². The third-order valence-electron chi connectivity index (χ3n) is 1.27. The highest BCUT2D eigenvalue weighted by Crippen LogP contribution is 1.86. The van der Waals surface area contributed by atoms with E-state index in [9.17, 15) is 9.59 Å². The normalized spacial score (nSPS) is 14.7. The second kappa shape index (κ2) is 5.46. The molecule has 7 nitrogen and oxygen atoms in total. The minimum absolute atomic E-state index is 0.779. The number of hydrogen-bond acceptors (Lipinski definition) is 5. The van der Waals surface area contributed by atoms with Crippen LogP contribution in [0.1, 0.15) is 0 Å². The molecule has 0 aliphatic rings. The molecule has 2 unspecified atom stereocenters. The lowest BCUT2D eigenvalue weighted by Crippen LogP contribution is -2.48. The lowest BCUT2D eigenvalue weighted by molar-refractivity contribution is -0.145. The van der Waals surface area contributed by atoms with Crippen LogP contribution in [0.4, 0.5) is 0 Å². The molecule has 0 saturated heterocycles. The fourth-order valence-corrected chi connectivity index (χ4v) is 0.536. The minimum Gasteiger partial charge on any atom is -0.480 e. The number of aliphatic carboxylic acids is 1. The molecule has 0 fully saturated rings. The molecule has 13 heavy (non-hydrogen) atoms. The van der Waals surface area contributed by atoms with Crippen LogP contribution in [0.2, 0.25) is 0 Å². The monoisotopic (exact) mass is 193 g/mol. The van der Waals surface area contributed by atoms with Crippen molar-refractivity contribution in [2.45, 2.75) is 12.1 Å². The van der Waals surface area contributed by atoms with Crippen LogP contribution in [-0.2, 0) is 9.59 Å². The topological polar surface area (TPSA) is 127 Å². The molecule has 7 heteroatoms. The first-order valence-corrected chi connectivity index (χ1v) is 3.46. The number of carbonyl (C=O) groups is 2. The van der Waals surface area contributed by atoms with Crippen molar-refractivity contribution in [3.63, 3.8) is 0 Å². The number of aliphatic hydroxyl groups excluding tert-OH is 3. The fourth-order valence-electron chi connectivity index (χ4n) is 0.536. The molecule has 5 N–H and O–H groups in total. The number of hydrogen-bond donors (Lipinski definition) is 5. The summed E-state index contributed by atoms with van der Waals surface area (Å²) >= 11 is 0. The molecule has 0 heterocycles. The van der Waals surface area contributed by atoms with Crippen molar-refractivity contribution in [2.75, 3.05) is 13.2 Å². The maximum Gasteiger partial charge on any atom is 0.328 e. The first-order valence-electron chi connectivity index (χ1n) is 3.46. The summed E-state index contributed by atoms with van der Waals surface area (Å²) in [5.74, 6) is -2.45. The van der Waals surface area contributed by atoms with E-state index < -0.39 is 37.2 Å². The standard InChI is InChI=1S/C6H11NO6/c8-1-3(6(12)13)7-5(11)4(10)2-9/h3-4,8-10H,1-2H2,(H,7,11)(H,12,13). The van der Waals surface area contributed by atoms with Crippen molar-refractivity contribution in [1.82, 2.24) is 5.32 Å². The van der Waals surface area contributed by atoms with Gasteiger partial charge in [-0.3, -0.25) is 4.79 Å². The first kappa shape index (κ1) is 11.8. The van der Waals surface area contributed by atoms with Gasteiger partial charge in [-0.05, 0) is 0 Å². The highest BCUT2D eigenvalue weighted by Gasteiger charge is 2.22.